The fraction of sp³-hybridized carbons (Fsp3) is 0.143. The maximum Gasteiger partial charge on any atom is 0.126 e. The molecule has 0 aliphatic heterocycles. The van der Waals surface area contributed by atoms with E-state index < -0.39 is 0 Å². The average molecular weight is 213 g/mol. The van der Waals surface area contributed by atoms with Crippen LogP contribution in [0.1, 0.15) is 5.56 Å². The van der Waals surface area contributed by atoms with Crippen molar-refractivity contribution in [2.24, 2.45) is 5.73 Å². The summed E-state index contributed by atoms with van der Waals surface area (Å²) in [6.07, 6.45) is 0. The molecule has 0 aromatic heterocycles. The maximum absolute atomic E-state index is 5.74. The summed E-state index contributed by atoms with van der Waals surface area (Å²) >= 11 is 0. The van der Waals surface area contributed by atoms with Crippen molar-refractivity contribution in [2.75, 3.05) is 7.11 Å². The molecule has 0 spiro atoms. The van der Waals surface area contributed by atoms with Crippen LogP contribution in [0.5, 0.6) is 5.75 Å². The first kappa shape index (κ1) is 10.7. The van der Waals surface area contributed by atoms with Crippen LogP contribution in [0.2, 0.25) is 0 Å². The fourth-order valence-corrected chi connectivity index (χ4v) is 1.83. The van der Waals surface area contributed by atoms with Crippen molar-refractivity contribution in [3.05, 3.63) is 54.1 Å². The van der Waals surface area contributed by atoms with Crippen LogP contribution < -0.4 is 10.5 Å². The van der Waals surface area contributed by atoms with E-state index in [9.17, 15) is 0 Å². The van der Waals surface area contributed by atoms with Gasteiger partial charge in [0.2, 0.25) is 0 Å². The Balaban J connectivity index is 2.58. The zero-order valence-corrected chi connectivity index (χ0v) is 9.31. The van der Waals surface area contributed by atoms with E-state index in [2.05, 4.69) is 6.07 Å². The van der Waals surface area contributed by atoms with Gasteiger partial charge in [-0.2, -0.15) is 0 Å². The van der Waals surface area contributed by atoms with Crippen LogP contribution in [0.25, 0.3) is 11.1 Å². The lowest BCUT2D eigenvalue weighted by atomic mass is 9.99. The summed E-state index contributed by atoms with van der Waals surface area (Å²) in [5.41, 5.74) is 9.10. The Kier molecular flexibility index (Phi) is 3.22. The maximum atomic E-state index is 5.74. The van der Waals surface area contributed by atoms with Crippen molar-refractivity contribution in [1.82, 2.24) is 0 Å². The number of rotatable bonds is 3. The number of hydrogen-bond donors (Lipinski definition) is 1. The van der Waals surface area contributed by atoms with E-state index in [0.717, 1.165) is 22.4 Å². The number of nitrogens with two attached hydrogens (primary N) is 1. The molecule has 2 rings (SSSR count). The second kappa shape index (κ2) is 4.81. The van der Waals surface area contributed by atoms with Crippen LogP contribution in [-0.2, 0) is 6.54 Å². The molecule has 0 saturated carbocycles. The molecule has 2 N–H and O–H groups in total. The topological polar surface area (TPSA) is 35.2 Å². The highest BCUT2D eigenvalue weighted by Crippen LogP contribution is 2.31. The molecule has 0 radical (unpaired) electrons. The molecule has 2 aromatic rings. The molecule has 2 aromatic carbocycles. The second-order valence-electron chi connectivity index (χ2n) is 3.56. The number of hydrogen-bond acceptors (Lipinski definition) is 2. The molecule has 0 heterocycles. The Hall–Kier alpha value is -1.80. The van der Waals surface area contributed by atoms with Crippen LogP contribution in [-0.4, -0.2) is 7.11 Å². The van der Waals surface area contributed by atoms with Gasteiger partial charge in [0, 0.05) is 12.1 Å². The number of benzene rings is 2. The fourth-order valence-electron chi connectivity index (χ4n) is 1.83. The molecule has 0 fully saturated rings. The van der Waals surface area contributed by atoms with Gasteiger partial charge in [-0.25, -0.2) is 0 Å². The zero-order chi connectivity index (χ0) is 11.4. The highest BCUT2D eigenvalue weighted by Gasteiger charge is 2.07. The molecule has 82 valence electrons. The Labute approximate surface area is 95.7 Å². The average Bonchev–Trinajstić information content (AvgIpc) is 2.38. The van der Waals surface area contributed by atoms with Gasteiger partial charge < -0.3 is 10.5 Å². The van der Waals surface area contributed by atoms with E-state index >= 15 is 0 Å². The van der Waals surface area contributed by atoms with Gasteiger partial charge in [0.25, 0.3) is 0 Å². The third-order valence-electron chi connectivity index (χ3n) is 2.63. The molecule has 0 aliphatic carbocycles. The molecule has 2 nitrogen and oxygen atoms in total. The van der Waals surface area contributed by atoms with E-state index in [1.807, 2.05) is 42.5 Å². The first-order chi connectivity index (χ1) is 7.86. The molecular weight excluding hydrogens is 198 g/mol. The van der Waals surface area contributed by atoms with Gasteiger partial charge in [-0.3, -0.25) is 0 Å². The number of para-hydroxylation sites is 1. The van der Waals surface area contributed by atoms with Crippen molar-refractivity contribution in [1.29, 1.82) is 0 Å². The van der Waals surface area contributed by atoms with Crippen molar-refractivity contribution in [3.63, 3.8) is 0 Å². The third kappa shape index (κ3) is 1.92. The number of methoxy groups -OCH3 is 1. The zero-order valence-electron chi connectivity index (χ0n) is 9.31. The lowest BCUT2D eigenvalue weighted by Gasteiger charge is -2.11. The van der Waals surface area contributed by atoms with Crippen LogP contribution in [0.15, 0.2) is 48.5 Å². The highest BCUT2D eigenvalue weighted by atomic mass is 16.5. The summed E-state index contributed by atoms with van der Waals surface area (Å²) in [5, 5.41) is 0. The van der Waals surface area contributed by atoms with E-state index in [1.165, 1.54) is 0 Å². The molecule has 16 heavy (non-hydrogen) atoms. The SMILES string of the molecule is COc1ccccc1-c1ccccc1CN. The second-order valence-corrected chi connectivity index (χ2v) is 3.56. The van der Waals surface area contributed by atoms with Crippen molar-refractivity contribution in [2.45, 2.75) is 6.54 Å². The lowest BCUT2D eigenvalue weighted by Crippen LogP contribution is -1.99. The minimum absolute atomic E-state index is 0.536. The van der Waals surface area contributed by atoms with E-state index in [1.54, 1.807) is 7.11 Å². The summed E-state index contributed by atoms with van der Waals surface area (Å²) in [5.74, 6) is 0.878. The molecule has 0 amide bonds. The minimum Gasteiger partial charge on any atom is -0.496 e. The Bertz CT molecular complexity index is 434. The molecule has 0 saturated heterocycles. The first-order valence-corrected chi connectivity index (χ1v) is 5.28. The van der Waals surface area contributed by atoms with Gasteiger partial charge in [0.1, 0.15) is 5.75 Å². The molecule has 0 atom stereocenters. The summed E-state index contributed by atoms with van der Waals surface area (Å²) in [6.45, 7) is 0.536. The molecule has 0 unspecified atom stereocenters. The molecule has 0 aliphatic rings. The predicted molar refractivity (Wildman–Crippen MR) is 66.3 cm³/mol. The predicted octanol–water partition coefficient (Wildman–Crippen LogP) is 2.82. The Morgan fingerprint density at radius 2 is 1.56 bits per heavy atom. The van der Waals surface area contributed by atoms with E-state index in [-0.39, 0.29) is 0 Å². The molecular formula is C14H15NO. The minimum atomic E-state index is 0.536. The summed E-state index contributed by atoms with van der Waals surface area (Å²) in [7, 11) is 1.68. The van der Waals surface area contributed by atoms with Gasteiger partial charge in [0.05, 0.1) is 7.11 Å². The Morgan fingerprint density at radius 1 is 0.938 bits per heavy atom. The van der Waals surface area contributed by atoms with Crippen LogP contribution in [0, 0.1) is 0 Å². The van der Waals surface area contributed by atoms with Gasteiger partial charge in [-0.15, -0.1) is 0 Å². The summed E-state index contributed by atoms with van der Waals surface area (Å²) in [4.78, 5) is 0. The first-order valence-electron chi connectivity index (χ1n) is 5.28. The van der Waals surface area contributed by atoms with Crippen molar-refractivity contribution >= 4 is 0 Å². The Morgan fingerprint density at radius 3 is 2.25 bits per heavy atom. The van der Waals surface area contributed by atoms with Gasteiger partial charge in [-0.1, -0.05) is 42.5 Å². The largest absolute Gasteiger partial charge is 0.496 e. The van der Waals surface area contributed by atoms with E-state index in [0.29, 0.717) is 6.54 Å². The summed E-state index contributed by atoms with van der Waals surface area (Å²) < 4.78 is 5.36. The summed E-state index contributed by atoms with van der Waals surface area (Å²) in [6, 6.07) is 16.1. The molecule has 0 bridgehead atoms. The smallest absolute Gasteiger partial charge is 0.126 e. The van der Waals surface area contributed by atoms with Crippen molar-refractivity contribution in [3.8, 4) is 16.9 Å². The standard InChI is InChI=1S/C14H15NO/c1-16-14-9-5-4-8-13(14)12-7-3-2-6-11(12)10-15/h2-9H,10,15H2,1H3. The lowest BCUT2D eigenvalue weighted by molar-refractivity contribution is 0.416. The van der Waals surface area contributed by atoms with Crippen LogP contribution in [0.4, 0.5) is 0 Å². The molecule has 2 heteroatoms. The van der Waals surface area contributed by atoms with Gasteiger partial charge >= 0.3 is 0 Å². The van der Waals surface area contributed by atoms with Gasteiger partial charge in [0.15, 0.2) is 0 Å². The van der Waals surface area contributed by atoms with Gasteiger partial charge in [-0.05, 0) is 17.2 Å². The van der Waals surface area contributed by atoms with Crippen LogP contribution in [0.3, 0.4) is 0 Å². The number of ether oxygens (including phenoxy) is 1. The van der Waals surface area contributed by atoms with Crippen molar-refractivity contribution < 1.29 is 4.74 Å². The highest BCUT2D eigenvalue weighted by molar-refractivity contribution is 5.73. The van der Waals surface area contributed by atoms with E-state index in [4.69, 9.17) is 10.5 Å². The normalized spacial score (nSPS) is 10.1. The third-order valence-corrected chi connectivity index (χ3v) is 2.63. The monoisotopic (exact) mass is 213 g/mol. The quantitative estimate of drug-likeness (QED) is 0.850. The van der Waals surface area contributed by atoms with Crippen LogP contribution >= 0.6 is 0 Å².